The van der Waals surface area contributed by atoms with Gasteiger partial charge in [-0.05, 0) is 7.05 Å². The normalized spacial score (nSPS) is 34.5. The van der Waals surface area contributed by atoms with Gasteiger partial charge in [0.2, 0.25) is 5.54 Å². The maximum Gasteiger partial charge on any atom is 0.331 e. The topological polar surface area (TPSA) is 127 Å². The summed E-state index contributed by atoms with van der Waals surface area (Å²) in [4.78, 5) is 34.0. The first-order valence-corrected chi connectivity index (χ1v) is 5.63. The Labute approximate surface area is 107 Å². The Hall–Kier alpha value is -2.03. The van der Waals surface area contributed by atoms with Gasteiger partial charge in [-0.2, -0.15) is 0 Å². The summed E-state index contributed by atoms with van der Waals surface area (Å²) in [6.07, 6.45) is 0.531. The third-order valence-corrected chi connectivity index (χ3v) is 3.73. The molecule has 2 atom stereocenters. The Morgan fingerprint density at radius 2 is 2.00 bits per heavy atom. The number of piperidine rings is 1. The zero-order valence-corrected chi connectivity index (χ0v) is 10.2. The molecule has 0 spiro atoms. The molecular weight excluding hydrogens is 258 g/mol. The van der Waals surface area contributed by atoms with Gasteiger partial charge in [0.25, 0.3) is 5.54 Å². The molecule has 2 aliphatic rings. The summed E-state index contributed by atoms with van der Waals surface area (Å²) in [7, 11) is 1.56. The summed E-state index contributed by atoms with van der Waals surface area (Å²) in [5.41, 5.74) is -3.53. The smallest absolute Gasteiger partial charge is 0.331 e. The summed E-state index contributed by atoms with van der Waals surface area (Å²) in [6, 6.07) is 0. The van der Waals surface area contributed by atoms with Crippen LogP contribution in [-0.4, -0.2) is 57.0 Å². The average Bonchev–Trinajstić information content (AvgIpc) is 2.26. The van der Waals surface area contributed by atoms with Crippen LogP contribution in [0.3, 0.4) is 0 Å². The molecule has 0 radical (unpaired) electrons. The molecule has 1 N–H and O–H groups in total. The number of carboxylic acids is 1. The van der Waals surface area contributed by atoms with Crippen LogP contribution in [0.2, 0.25) is 0 Å². The number of carbonyl (C=O) groups is 1. The van der Waals surface area contributed by atoms with Crippen LogP contribution in [0.1, 0.15) is 12.8 Å². The van der Waals surface area contributed by atoms with Crippen molar-refractivity contribution < 1.29 is 19.7 Å². The van der Waals surface area contributed by atoms with E-state index in [0.717, 1.165) is 6.08 Å². The predicted molar refractivity (Wildman–Crippen MR) is 61.9 cm³/mol. The van der Waals surface area contributed by atoms with E-state index in [-0.39, 0.29) is 31.5 Å². The van der Waals surface area contributed by atoms with E-state index in [4.69, 9.17) is 5.11 Å². The molecule has 1 aliphatic carbocycles. The minimum Gasteiger partial charge on any atom is -0.478 e. The van der Waals surface area contributed by atoms with Gasteiger partial charge in [-0.1, -0.05) is 0 Å². The number of hydrogen-bond donors (Lipinski definition) is 1. The standard InChI is InChI=1S/C10H13N3O6/c1-11-5-9(12(16)17)2-7(8(14)15)3-10(4-9,6-11)13(18)19/h2H,3-6H2,1H3,(H,14,15). The Kier molecular flexibility index (Phi) is 2.81. The molecule has 0 amide bonds. The van der Waals surface area contributed by atoms with E-state index in [2.05, 4.69) is 0 Å². The largest absolute Gasteiger partial charge is 0.478 e. The van der Waals surface area contributed by atoms with Crippen LogP contribution >= 0.6 is 0 Å². The number of likely N-dealkylation sites (N-methyl/N-ethyl adjacent to an activating group) is 1. The average molecular weight is 271 g/mol. The molecule has 0 aromatic carbocycles. The number of nitro groups is 2. The molecule has 19 heavy (non-hydrogen) atoms. The van der Waals surface area contributed by atoms with Crippen LogP contribution in [-0.2, 0) is 4.79 Å². The number of aliphatic carboxylic acids is 1. The Bertz CT molecular complexity index is 503. The van der Waals surface area contributed by atoms with Gasteiger partial charge < -0.3 is 5.11 Å². The first kappa shape index (κ1) is 13.4. The second-order valence-electron chi connectivity index (χ2n) is 5.34. The fourth-order valence-electron chi connectivity index (χ4n) is 3.15. The van der Waals surface area contributed by atoms with Crippen molar-refractivity contribution in [1.29, 1.82) is 0 Å². The molecule has 0 saturated carbocycles. The molecule has 9 nitrogen and oxygen atoms in total. The van der Waals surface area contributed by atoms with Gasteiger partial charge in [-0.25, -0.2) is 4.79 Å². The maximum atomic E-state index is 11.3. The lowest BCUT2D eigenvalue weighted by molar-refractivity contribution is -0.619. The van der Waals surface area contributed by atoms with Crippen LogP contribution in [0, 0.1) is 20.2 Å². The number of likely N-dealkylation sites (tertiary alicyclic amines) is 1. The van der Waals surface area contributed by atoms with Gasteiger partial charge in [-0.3, -0.25) is 25.1 Å². The number of carboxylic acid groups (broad SMARTS) is 1. The number of nitrogens with zero attached hydrogens (tertiary/aromatic N) is 3. The van der Waals surface area contributed by atoms with Crippen molar-refractivity contribution >= 4 is 5.97 Å². The predicted octanol–water partition coefficient (Wildman–Crippen LogP) is -0.232. The fraction of sp³-hybridized carbons (Fsp3) is 0.700. The van der Waals surface area contributed by atoms with E-state index in [1.807, 2.05) is 0 Å². The molecule has 9 heteroatoms. The molecule has 104 valence electrons. The van der Waals surface area contributed by atoms with Crippen molar-refractivity contribution in [1.82, 2.24) is 4.90 Å². The van der Waals surface area contributed by atoms with Crippen LogP contribution in [0.5, 0.6) is 0 Å². The highest BCUT2D eigenvalue weighted by atomic mass is 16.6. The lowest BCUT2D eigenvalue weighted by atomic mass is 9.69. The molecule has 0 aromatic rings. The van der Waals surface area contributed by atoms with E-state index < -0.39 is 26.9 Å². The number of hydrogen-bond acceptors (Lipinski definition) is 6. The van der Waals surface area contributed by atoms with Crippen molar-refractivity contribution in [3.8, 4) is 0 Å². The lowest BCUT2D eigenvalue weighted by Gasteiger charge is -2.43. The Morgan fingerprint density at radius 1 is 1.37 bits per heavy atom. The van der Waals surface area contributed by atoms with Crippen molar-refractivity contribution in [2.75, 3.05) is 20.1 Å². The zero-order valence-electron chi connectivity index (χ0n) is 10.2. The van der Waals surface area contributed by atoms with E-state index >= 15 is 0 Å². The van der Waals surface area contributed by atoms with Gasteiger partial charge in [0, 0.05) is 21.5 Å². The highest BCUT2D eigenvalue weighted by Gasteiger charge is 2.64. The molecule has 1 heterocycles. The minimum absolute atomic E-state index is 0.0141. The van der Waals surface area contributed by atoms with Gasteiger partial charge in [0.15, 0.2) is 0 Å². The van der Waals surface area contributed by atoms with Crippen molar-refractivity contribution in [2.45, 2.75) is 23.9 Å². The number of rotatable bonds is 3. The van der Waals surface area contributed by atoms with Crippen molar-refractivity contribution in [3.63, 3.8) is 0 Å². The highest BCUT2D eigenvalue weighted by molar-refractivity contribution is 5.87. The second kappa shape index (κ2) is 3.98. The molecule has 0 aromatic heterocycles. The van der Waals surface area contributed by atoms with Crippen LogP contribution in [0.25, 0.3) is 0 Å². The number of fused-ring (bicyclic) bond motifs is 2. The fourth-order valence-corrected chi connectivity index (χ4v) is 3.15. The quantitative estimate of drug-likeness (QED) is 0.554. The highest BCUT2D eigenvalue weighted by Crippen LogP contribution is 2.42. The van der Waals surface area contributed by atoms with Crippen LogP contribution in [0.15, 0.2) is 11.6 Å². The van der Waals surface area contributed by atoms with Crippen LogP contribution < -0.4 is 0 Å². The van der Waals surface area contributed by atoms with Gasteiger partial charge in [0.1, 0.15) is 0 Å². The SMILES string of the molecule is CN1CC2([N+](=O)[O-])C=C(C(=O)O)CC([N+](=O)[O-])(C1)C2. The molecular formula is C10H13N3O6. The first-order chi connectivity index (χ1) is 8.71. The molecule has 2 rings (SSSR count). The Balaban J connectivity index is 2.58. The minimum atomic E-state index is -1.69. The van der Waals surface area contributed by atoms with Crippen molar-refractivity contribution in [2.24, 2.45) is 0 Å². The molecule has 1 aliphatic heterocycles. The lowest BCUT2D eigenvalue weighted by Crippen LogP contribution is -2.66. The summed E-state index contributed by atoms with van der Waals surface area (Å²) in [5.74, 6) is -1.33. The Morgan fingerprint density at radius 3 is 2.47 bits per heavy atom. The third kappa shape index (κ3) is 1.95. The van der Waals surface area contributed by atoms with Crippen LogP contribution in [0.4, 0.5) is 0 Å². The van der Waals surface area contributed by atoms with E-state index in [9.17, 15) is 25.0 Å². The maximum absolute atomic E-state index is 11.3. The van der Waals surface area contributed by atoms with E-state index in [1.165, 1.54) is 4.90 Å². The van der Waals surface area contributed by atoms with E-state index in [0.29, 0.717) is 0 Å². The summed E-state index contributed by atoms with van der Waals surface area (Å²) < 4.78 is 0. The molecule has 2 unspecified atom stereocenters. The summed E-state index contributed by atoms with van der Waals surface area (Å²) in [5, 5.41) is 31.6. The molecule has 1 saturated heterocycles. The van der Waals surface area contributed by atoms with E-state index in [1.54, 1.807) is 7.05 Å². The summed E-state index contributed by atoms with van der Waals surface area (Å²) in [6.45, 7) is -0.00736. The van der Waals surface area contributed by atoms with Gasteiger partial charge >= 0.3 is 5.97 Å². The first-order valence-electron chi connectivity index (χ1n) is 5.63. The zero-order chi connectivity index (χ0) is 14.4. The molecule has 2 bridgehead atoms. The van der Waals surface area contributed by atoms with Crippen molar-refractivity contribution in [3.05, 3.63) is 31.9 Å². The second-order valence-corrected chi connectivity index (χ2v) is 5.34. The summed E-state index contributed by atoms with van der Waals surface area (Å²) >= 11 is 0. The third-order valence-electron chi connectivity index (χ3n) is 3.73. The monoisotopic (exact) mass is 271 g/mol. The van der Waals surface area contributed by atoms with Gasteiger partial charge in [-0.15, -0.1) is 0 Å². The molecule has 1 fully saturated rings. The van der Waals surface area contributed by atoms with Gasteiger partial charge in [0.05, 0.1) is 25.9 Å².